The molecular weight excluding hydrogens is 223 g/mol. The summed E-state index contributed by atoms with van der Waals surface area (Å²) in [5.41, 5.74) is -1.48. The lowest BCUT2D eigenvalue weighted by Crippen LogP contribution is -2.48. The van der Waals surface area contributed by atoms with Crippen LogP contribution < -0.4 is 0 Å². The number of nitrogens with zero attached hydrogens (tertiary/aromatic N) is 2. The van der Waals surface area contributed by atoms with E-state index in [0.29, 0.717) is 19.6 Å². The third kappa shape index (κ3) is 5.46. The van der Waals surface area contributed by atoms with Crippen molar-refractivity contribution in [3.63, 3.8) is 0 Å². The molecule has 0 aromatic heterocycles. The van der Waals surface area contributed by atoms with Gasteiger partial charge in [0, 0.05) is 25.9 Å². The largest absolute Gasteiger partial charge is 0.393 e. The number of carbonyl (C=O) groups is 1. The van der Waals surface area contributed by atoms with Gasteiger partial charge < -0.3 is 14.9 Å². The summed E-state index contributed by atoms with van der Waals surface area (Å²) in [5.74, 6) is 0.0278. The molecule has 5 heteroatoms. The van der Waals surface area contributed by atoms with E-state index in [4.69, 9.17) is 5.11 Å². The number of carbonyl (C=O) groups excluding carboxylic acids is 1. The molecule has 4 nitrogen and oxygen atoms in total. The van der Waals surface area contributed by atoms with Crippen LogP contribution in [0.5, 0.6) is 0 Å². The number of alkyl halides is 1. The number of amides is 1. The Kier molecular flexibility index (Phi) is 7.30. The first-order valence-electron chi connectivity index (χ1n) is 6.19. The summed E-state index contributed by atoms with van der Waals surface area (Å²) in [6.07, 6.45) is 0.478. The normalized spacial score (nSPS) is 18.6. The third-order valence-electron chi connectivity index (χ3n) is 2.75. The van der Waals surface area contributed by atoms with Crippen molar-refractivity contribution in [1.82, 2.24) is 9.80 Å². The number of likely N-dealkylation sites (N-methyl/N-ethyl adjacent to an activating group) is 1. The Morgan fingerprint density at radius 1 is 1.35 bits per heavy atom. The quantitative estimate of drug-likeness (QED) is 0.807. The maximum atomic E-state index is 13.6. The zero-order chi connectivity index (χ0) is 13.5. The van der Waals surface area contributed by atoms with Gasteiger partial charge in [0.1, 0.15) is 5.67 Å². The summed E-state index contributed by atoms with van der Waals surface area (Å²) < 4.78 is 13.6. The Morgan fingerprint density at radius 2 is 1.82 bits per heavy atom. The maximum absolute atomic E-state index is 13.6. The standard InChI is InChI=1S/C10H19FN2O2.C2H6/c1-12(2)7-9(15)13-5-3-10(11,8-14)4-6-13;1-2/h14H,3-8H2,1-2H3;1-2H3. The number of piperidine rings is 1. The van der Waals surface area contributed by atoms with Gasteiger partial charge in [0.2, 0.25) is 5.91 Å². The second-order valence-corrected chi connectivity index (χ2v) is 4.43. The van der Waals surface area contributed by atoms with Gasteiger partial charge in [-0.25, -0.2) is 4.39 Å². The first-order valence-corrected chi connectivity index (χ1v) is 6.19. The highest BCUT2D eigenvalue weighted by Crippen LogP contribution is 2.25. The summed E-state index contributed by atoms with van der Waals surface area (Å²) >= 11 is 0. The van der Waals surface area contributed by atoms with Crippen LogP contribution in [-0.2, 0) is 4.79 Å². The van der Waals surface area contributed by atoms with Gasteiger partial charge in [0.05, 0.1) is 13.2 Å². The highest BCUT2D eigenvalue weighted by Gasteiger charge is 2.35. The molecule has 0 spiro atoms. The fourth-order valence-corrected chi connectivity index (χ4v) is 1.69. The molecule has 0 aromatic carbocycles. The number of rotatable bonds is 3. The van der Waals surface area contributed by atoms with Crippen molar-refractivity contribution >= 4 is 5.91 Å². The van der Waals surface area contributed by atoms with Gasteiger partial charge in [0.15, 0.2) is 0 Å². The van der Waals surface area contributed by atoms with E-state index < -0.39 is 12.3 Å². The van der Waals surface area contributed by atoms with Crippen LogP contribution in [0.2, 0.25) is 0 Å². The Labute approximate surface area is 103 Å². The molecule has 0 saturated carbocycles. The Balaban J connectivity index is 0.00000121. The fraction of sp³-hybridized carbons (Fsp3) is 0.917. The lowest BCUT2D eigenvalue weighted by molar-refractivity contribution is -0.135. The van der Waals surface area contributed by atoms with Crippen molar-refractivity contribution in [3.05, 3.63) is 0 Å². The minimum Gasteiger partial charge on any atom is -0.393 e. The zero-order valence-electron chi connectivity index (χ0n) is 11.4. The Morgan fingerprint density at radius 3 is 2.18 bits per heavy atom. The average molecular weight is 248 g/mol. The fourth-order valence-electron chi connectivity index (χ4n) is 1.69. The van der Waals surface area contributed by atoms with E-state index in [0.717, 1.165) is 0 Å². The molecule has 1 saturated heterocycles. The third-order valence-corrected chi connectivity index (χ3v) is 2.75. The van der Waals surface area contributed by atoms with E-state index in [9.17, 15) is 9.18 Å². The van der Waals surface area contributed by atoms with Crippen LogP contribution in [0.4, 0.5) is 4.39 Å². The van der Waals surface area contributed by atoms with Gasteiger partial charge in [0.25, 0.3) is 0 Å². The minimum absolute atomic E-state index is 0.0278. The van der Waals surface area contributed by atoms with E-state index in [1.165, 1.54) is 0 Å². The SMILES string of the molecule is CC.CN(C)CC(=O)N1CCC(F)(CO)CC1. The van der Waals surface area contributed by atoms with Crippen LogP contribution in [0.1, 0.15) is 26.7 Å². The molecule has 0 radical (unpaired) electrons. The molecule has 1 heterocycles. The molecule has 0 aromatic rings. The molecule has 1 rings (SSSR count). The zero-order valence-corrected chi connectivity index (χ0v) is 11.4. The van der Waals surface area contributed by atoms with Crippen molar-refractivity contribution in [2.45, 2.75) is 32.4 Å². The van der Waals surface area contributed by atoms with E-state index in [1.54, 1.807) is 9.80 Å². The van der Waals surface area contributed by atoms with Crippen LogP contribution in [-0.4, -0.2) is 66.8 Å². The molecule has 1 fully saturated rings. The first kappa shape index (κ1) is 16.3. The highest BCUT2D eigenvalue weighted by atomic mass is 19.1. The number of aliphatic hydroxyl groups excluding tert-OH is 1. The van der Waals surface area contributed by atoms with E-state index in [-0.39, 0.29) is 18.7 Å². The van der Waals surface area contributed by atoms with Crippen molar-refractivity contribution < 1.29 is 14.3 Å². The lowest BCUT2D eigenvalue weighted by atomic mass is 9.94. The first-order chi connectivity index (χ1) is 7.97. The van der Waals surface area contributed by atoms with Crippen LogP contribution in [0.3, 0.4) is 0 Å². The molecule has 1 N–H and O–H groups in total. The number of likely N-dealkylation sites (tertiary alicyclic amines) is 1. The van der Waals surface area contributed by atoms with Crippen molar-refractivity contribution in [3.8, 4) is 0 Å². The number of hydrogen-bond donors (Lipinski definition) is 1. The smallest absolute Gasteiger partial charge is 0.236 e. The van der Waals surface area contributed by atoms with Gasteiger partial charge in [-0.1, -0.05) is 13.8 Å². The minimum atomic E-state index is -1.48. The summed E-state index contributed by atoms with van der Waals surface area (Å²) in [4.78, 5) is 15.1. The molecule has 0 atom stereocenters. The van der Waals surface area contributed by atoms with Crippen molar-refractivity contribution in [2.24, 2.45) is 0 Å². The lowest BCUT2D eigenvalue weighted by Gasteiger charge is -2.35. The van der Waals surface area contributed by atoms with Gasteiger partial charge in [-0.15, -0.1) is 0 Å². The molecule has 0 unspecified atom stereocenters. The van der Waals surface area contributed by atoms with Crippen LogP contribution in [0.25, 0.3) is 0 Å². The maximum Gasteiger partial charge on any atom is 0.236 e. The molecular formula is C12H25FN2O2. The second-order valence-electron chi connectivity index (χ2n) is 4.43. The topological polar surface area (TPSA) is 43.8 Å². The Hall–Kier alpha value is -0.680. The summed E-state index contributed by atoms with van der Waals surface area (Å²) in [5, 5.41) is 8.83. The van der Waals surface area contributed by atoms with Gasteiger partial charge in [-0.2, -0.15) is 0 Å². The van der Waals surface area contributed by atoms with Gasteiger partial charge in [-0.3, -0.25) is 4.79 Å². The molecule has 1 amide bonds. The van der Waals surface area contributed by atoms with Crippen LogP contribution in [0.15, 0.2) is 0 Å². The van der Waals surface area contributed by atoms with E-state index >= 15 is 0 Å². The molecule has 17 heavy (non-hydrogen) atoms. The van der Waals surface area contributed by atoms with Gasteiger partial charge in [-0.05, 0) is 14.1 Å². The molecule has 1 aliphatic heterocycles. The summed E-state index contributed by atoms with van der Waals surface area (Å²) in [7, 11) is 3.66. The van der Waals surface area contributed by atoms with Gasteiger partial charge >= 0.3 is 0 Å². The molecule has 0 aliphatic carbocycles. The summed E-state index contributed by atoms with van der Waals surface area (Å²) in [6, 6.07) is 0. The second kappa shape index (κ2) is 7.61. The number of hydrogen-bond acceptors (Lipinski definition) is 3. The van der Waals surface area contributed by atoms with Crippen LogP contribution in [0, 0.1) is 0 Å². The number of halogens is 1. The van der Waals surface area contributed by atoms with E-state index in [1.807, 2.05) is 27.9 Å². The summed E-state index contributed by atoms with van der Waals surface area (Å²) in [6.45, 7) is 4.73. The van der Waals surface area contributed by atoms with Crippen molar-refractivity contribution in [2.75, 3.05) is 40.3 Å². The highest BCUT2D eigenvalue weighted by molar-refractivity contribution is 5.78. The predicted molar refractivity (Wildman–Crippen MR) is 66.6 cm³/mol. The van der Waals surface area contributed by atoms with Crippen LogP contribution >= 0.6 is 0 Å². The number of aliphatic hydroxyl groups is 1. The average Bonchev–Trinajstić information content (AvgIpc) is 2.31. The molecule has 0 bridgehead atoms. The molecule has 102 valence electrons. The molecule has 1 aliphatic rings. The monoisotopic (exact) mass is 248 g/mol. The Bertz CT molecular complexity index is 227. The van der Waals surface area contributed by atoms with E-state index in [2.05, 4.69) is 0 Å². The predicted octanol–water partition coefficient (Wildman–Crippen LogP) is 0.897. The van der Waals surface area contributed by atoms with Crippen molar-refractivity contribution in [1.29, 1.82) is 0 Å².